The molecule has 0 saturated carbocycles. The number of non-ortho nitro benzene ring substituents is 1. The van der Waals surface area contributed by atoms with E-state index < -0.39 is 22.5 Å². The van der Waals surface area contributed by atoms with Crippen molar-refractivity contribution in [1.29, 1.82) is 0 Å². The number of nitro groups is 1. The van der Waals surface area contributed by atoms with Gasteiger partial charge in [-0.3, -0.25) is 14.9 Å². The van der Waals surface area contributed by atoms with Crippen molar-refractivity contribution < 1.29 is 23.2 Å². The van der Waals surface area contributed by atoms with E-state index in [2.05, 4.69) is 5.32 Å². The van der Waals surface area contributed by atoms with Crippen LogP contribution in [0.1, 0.15) is 12.0 Å². The number of anilines is 2. The highest BCUT2D eigenvalue weighted by atomic mass is 19.1. The van der Waals surface area contributed by atoms with Crippen molar-refractivity contribution in [3.8, 4) is 5.75 Å². The van der Waals surface area contributed by atoms with E-state index in [0.717, 1.165) is 6.07 Å². The van der Waals surface area contributed by atoms with Crippen LogP contribution in [0.25, 0.3) is 0 Å². The quantitative estimate of drug-likeness (QED) is 0.639. The maximum Gasteiger partial charge on any atom is 0.273 e. The van der Waals surface area contributed by atoms with Gasteiger partial charge in [-0.05, 0) is 30.5 Å². The molecule has 142 valence electrons. The van der Waals surface area contributed by atoms with E-state index in [-0.39, 0.29) is 29.4 Å². The zero-order valence-corrected chi connectivity index (χ0v) is 14.5. The average molecular weight is 377 g/mol. The Morgan fingerprint density at radius 1 is 1.33 bits per heavy atom. The first kappa shape index (κ1) is 18.6. The Morgan fingerprint density at radius 3 is 2.81 bits per heavy atom. The molecule has 0 fully saturated rings. The lowest BCUT2D eigenvalue weighted by atomic mass is 10.0. The number of benzene rings is 2. The number of carbonyl (C=O) groups is 1. The summed E-state index contributed by atoms with van der Waals surface area (Å²) < 4.78 is 32.7. The Morgan fingerprint density at radius 2 is 2.11 bits per heavy atom. The molecule has 3 rings (SSSR count). The Bertz CT molecular complexity index is 904. The number of carbonyl (C=O) groups excluding carboxylic acids is 1. The highest BCUT2D eigenvalue weighted by Crippen LogP contribution is 2.32. The van der Waals surface area contributed by atoms with E-state index in [4.69, 9.17) is 4.74 Å². The van der Waals surface area contributed by atoms with Gasteiger partial charge in [0.25, 0.3) is 5.69 Å². The summed E-state index contributed by atoms with van der Waals surface area (Å²) in [7, 11) is 1.33. The number of hydrogen-bond acceptors (Lipinski definition) is 5. The van der Waals surface area contributed by atoms with Crippen LogP contribution in [0.3, 0.4) is 0 Å². The molecule has 1 aliphatic rings. The summed E-state index contributed by atoms with van der Waals surface area (Å²) in [6.07, 6.45) is 1.21. The number of aryl methyl sites for hydroxylation is 1. The van der Waals surface area contributed by atoms with Crippen LogP contribution in [0.15, 0.2) is 30.3 Å². The minimum Gasteiger partial charge on any atom is -0.494 e. The molecule has 0 aliphatic carbocycles. The predicted octanol–water partition coefficient (Wildman–Crippen LogP) is 3.27. The van der Waals surface area contributed by atoms with Crippen molar-refractivity contribution in [3.05, 3.63) is 57.6 Å². The van der Waals surface area contributed by atoms with Gasteiger partial charge in [0, 0.05) is 18.7 Å². The van der Waals surface area contributed by atoms with Gasteiger partial charge < -0.3 is 15.0 Å². The molecule has 1 aliphatic heterocycles. The predicted molar refractivity (Wildman–Crippen MR) is 95.2 cm³/mol. The minimum absolute atomic E-state index is 0.143. The molecule has 0 aromatic heterocycles. The average Bonchev–Trinajstić information content (AvgIpc) is 2.61. The first-order chi connectivity index (χ1) is 12.9. The second-order valence-electron chi connectivity index (χ2n) is 6.11. The molecule has 0 unspecified atom stereocenters. The summed E-state index contributed by atoms with van der Waals surface area (Å²) in [5, 5.41) is 13.4. The SMILES string of the molecule is COc1cc([N+](=O)[O-])ccc1NC(=O)CN1CCCc2cc(F)cc(F)c21. The number of nitrogens with one attached hydrogen (secondary N) is 1. The number of fused-ring (bicyclic) bond motifs is 1. The van der Waals surface area contributed by atoms with Crippen molar-refractivity contribution in [2.45, 2.75) is 12.8 Å². The molecule has 2 aromatic rings. The Kier molecular flexibility index (Phi) is 5.20. The summed E-state index contributed by atoms with van der Waals surface area (Å²) in [4.78, 5) is 24.2. The van der Waals surface area contributed by atoms with Gasteiger partial charge >= 0.3 is 0 Å². The van der Waals surface area contributed by atoms with E-state index in [9.17, 15) is 23.7 Å². The molecule has 2 aromatic carbocycles. The van der Waals surface area contributed by atoms with Gasteiger partial charge in [-0.25, -0.2) is 8.78 Å². The molecule has 0 spiro atoms. The third kappa shape index (κ3) is 3.97. The van der Waals surface area contributed by atoms with Gasteiger partial charge in [-0.1, -0.05) is 0 Å². The van der Waals surface area contributed by atoms with Crippen molar-refractivity contribution in [2.75, 3.05) is 30.4 Å². The van der Waals surface area contributed by atoms with Crippen LogP contribution in [0, 0.1) is 21.7 Å². The lowest BCUT2D eigenvalue weighted by Crippen LogP contribution is -2.37. The van der Waals surface area contributed by atoms with Gasteiger partial charge in [-0.2, -0.15) is 0 Å². The highest BCUT2D eigenvalue weighted by molar-refractivity contribution is 5.95. The number of nitrogens with zero attached hydrogens (tertiary/aromatic N) is 2. The third-order valence-corrected chi connectivity index (χ3v) is 4.30. The molecule has 7 nitrogen and oxygen atoms in total. The fourth-order valence-corrected chi connectivity index (χ4v) is 3.15. The van der Waals surface area contributed by atoms with E-state index >= 15 is 0 Å². The summed E-state index contributed by atoms with van der Waals surface area (Å²) in [6, 6.07) is 5.90. The number of rotatable bonds is 5. The second kappa shape index (κ2) is 7.56. The fraction of sp³-hybridized carbons (Fsp3) is 0.278. The molecule has 0 atom stereocenters. The summed E-state index contributed by atoms with van der Waals surface area (Å²) in [5.74, 6) is -1.65. The van der Waals surface area contributed by atoms with E-state index in [1.165, 1.54) is 31.4 Å². The molecule has 1 amide bonds. The summed E-state index contributed by atoms with van der Waals surface area (Å²) in [5.41, 5.74) is 0.858. The number of nitro benzene ring substituents is 1. The van der Waals surface area contributed by atoms with Gasteiger partial charge in [0.2, 0.25) is 5.91 Å². The number of amides is 1. The minimum atomic E-state index is -0.703. The normalized spacial score (nSPS) is 13.1. The first-order valence-electron chi connectivity index (χ1n) is 8.24. The van der Waals surface area contributed by atoms with Crippen LogP contribution in [-0.2, 0) is 11.2 Å². The molecular weight excluding hydrogens is 360 g/mol. The molecule has 9 heteroatoms. The van der Waals surface area contributed by atoms with Gasteiger partial charge in [0.05, 0.1) is 36.0 Å². The Balaban J connectivity index is 1.77. The monoisotopic (exact) mass is 377 g/mol. The van der Waals surface area contributed by atoms with Crippen LogP contribution in [0.2, 0.25) is 0 Å². The van der Waals surface area contributed by atoms with Crippen LogP contribution in [0.4, 0.5) is 25.8 Å². The largest absolute Gasteiger partial charge is 0.494 e. The molecule has 1 heterocycles. The molecule has 0 saturated heterocycles. The van der Waals surface area contributed by atoms with Crippen LogP contribution < -0.4 is 15.0 Å². The van der Waals surface area contributed by atoms with Gasteiger partial charge in [-0.15, -0.1) is 0 Å². The fourth-order valence-electron chi connectivity index (χ4n) is 3.15. The van der Waals surface area contributed by atoms with Crippen LogP contribution in [-0.4, -0.2) is 31.0 Å². The first-order valence-corrected chi connectivity index (χ1v) is 8.24. The topological polar surface area (TPSA) is 84.7 Å². The summed E-state index contributed by atoms with van der Waals surface area (Å²) >= 11 is 0. The number of halogens is 2. The van der Waals surface area contributed by atoms with E-state index in [1.54, 1.807) is 4.90 Å². The van der Waals surface area contributed by atoms with E-state index in [1.807, 2.05) is 0 Å². The standard InChI is InChI=1S/C18H17F2N3O4/c1-27-16-9-13(23(25)26)4-5-15(16)21-17(24)10-22-6-2-3-11-7-12(19)8-14(20)18(11)22/h4-5,7-9H,2-3,6,10H2,1H3,(H,21,24). The third-order valence-electron chi connectivity index (χ3n) is 4.30. The van der Waals surface area contributed by atoms with Crippen molar-refractivity contribution in [1.82, 2.24) is 0 Å². The summed E-state index contributed by atoms with van der Waals surface area (Å²) in [6.45, 7) is 0.316. The van der Waals surface area contributed by atoms with Crippen molar-refractivity contribution in [3.63, 3.8) is 0 Å². The number of hydrogen-bond donors (Lipinski definition) is 1. The van der Waals surface area contributed by atoms with Crippen molar-refractivity contribution >= 4 is 23.0 Å². The maximum atomic E-state index is 14.2. The Labute approximate surface area is 153 Å². The number of methoxy groups -OCH3 is 1. The lowest BCUT2D eigenvalue weighted by molar-refractivity contribution is -0.384. The Hall–Kier alpha value is -3.23. The molecule has 0 radical (unpaired) electrons. The smallest absolute Gasteiger partial charge is 0.273 e. The molecular formula is C18H17F2N3O4. The molecule has 1 N–H and O–H groups in total. The van der Waals surface area contributed by atoms with E-state index in [0.29, 0.717) is 24.9 Å². The number of ether oxygens (including phenoxy) is 1. The van der Waals surface area contributed by atoms with Crippen molar-refractivity contribution in [2.24, 2.45) is 0 Å². The highest BCUT2D eigenvalue weighted by Gasteiger charge is 2.24. The lowest BCUT2D eigenvalue weighted by Gasteiger charge is -2.31. The zero-order chi connectivity index (χ0) is 19.6. The molecule has 0 bridgehead atoms. The zero-order valence-electron chi connectivity index (χ0n) is 14.5. The van der Waals surface area contributed by atoms with Gasteiger partial charge in [0.15, 0.2) is 0 Å². The van der Waals surface area contributed by atoms with Gasteiger partial charge in [0.1, 0.15) is 17.4 Å². The second-order valence-corrected chi connectivity index (χ2v) is 6.11. The molecule has 27 heavy (non-hydrogen) atoms. The maximum absolute atomic E-state index is 14.2. The van der Waals surface area contributed by atoms with Crippen LogP contribution >= 0.6 is 0 Å². The van der Waals surface area contributed by atoms with Crippen LogP contribution in [0.5, 0.6) is 5.75 Å².